The van der Waals surface area contributed by atoms with E-state index in [2.05, 4.69) is 6.58 Å². The maximum Gasteiger partial charge on any atom is 0.410 e. The zero-order valence-electron chi connectivity index (χ0n) is 16.7. The number of carbonyl (C=O) groups is 4. The number of piperazine rings is 1. The number of amides is 4. The van der Waals surface area contributed by atoms with Gasteiger partial charge in [0.2, 0.25) is 0 Å². The van der Waals surface area contributed by atoms with Gasteiger partial charge in [-0.05, 0) is 24.1 Å². The van der Waals surface area contributed by atoms with Gasteiger partial charge in [0, 0.05) is 38.3 Å². The minimum absolute atomic E-state index is 0.147. The van der Waals surface area contributed by atoms with Crippen molar-refractivity contribution in [1.29, 1.82) is 0 Å². The second-order valence-electron chi connectivity index (χ2n) is 7.52. The van der Waals surface area contributed by atoms with Crippen molar-refractivity contribution in [2.45, 2.75) is 13.8 Å². The lowest BCUT2D eigenvalue weighted by Gasteiger charge is -2.34. The fourth-order valence-corrected chi connectivity index (χ4v) is 3.45. The van der Waals surface area contributed by atoms with Gasteiger partial charge in [-0.2, -0.15) is 0 Å². The molecule has 1 fully saturated rings. The number of hydrogen-bond donors (Lipinski definition) is 0. The normalized spacial score (nSPS) is 16.3. The molecule has 0 saturated carbocycles. The fraction of sp³-hybridized carbons (Fsp3) is 0.429. The Hall–Kier alpha value is -3.16. The van der Waals surface area contributed by atoms with Crippen LogP contribution in [0.25, 0.3) is 0 Å². The van der Waals surface area contributed by atoms with Crippen LogP contribution >= 0.6 is 0 Å². The van der Waals surface area contributed by atoms with Crippen molar-refractivity contribution in [2.24, 2.45) is 5.92 Å². The van der Waals surface area contributed by atoms with Crippen molar-refractivity contribution in [3.05, 3.63) is 47.5 Å². The van der Waals surface area contributed by atoms with Gasteiger partial charge in [0.05, 0.1) is 11.1 Å². The van der Waals surface area contributed by atoms with Gasteiger partial charge in [-0.1, -0.05) is 26.5 Å². The van der Waals surface area contributed by atoms with E-state index in [1.165, 1.54) is 17.0 Å². The van der Waals surface area contributed by atoms with Crippen molar-refractivity contribution < 1.29 is 23.9 Å². The molecular weight excluding hydrogens is 374 g/mol. The number of imide groups is 1. The first-order valence-electron chi connectivity index (χ1n) is 9.65. The molecule has 0 N–H and O–H groups in total. The molecule has 3 rings (SSSR count). The lowest BCUT2D eigenvalue weighted by atomic mass is 10.0. The molecule has 1 aromatic rings. The van der Waals surface area contributed by atoms with Crippen LogP contribution in [-0.4, -0.2) is 77.8 Å². The lowest BCUT2D eigenvalue weighted by molar-refractivity contribution is 0.0580. The molecule has 1 aromatic carbocycles. The summed E-state index contributed by atoms with van der Waals surface area (Å²) in [5.41, 5.74) is 0.967. The van der Waals surface area contributed by atoms with Crippen LogP contribution in [-0.2, 0) is 4.74 Å². The summed E-state index contributed by atoms with van der Waals surface area (Å²) in [6.07, 6.45) is 1.07. The van der Waals surface area contributed by atoms with Crippen LogP contribution in [0.3, 0.4) is 0 Å². The van der Waals surface area contributed by atoms with Gasteiger partial charge in [-0.15, -0.1) is 0 Å². The average Bonchev–Trinajstić information content (AvgIpc) is 2.95. The van der Waals surface area contributed by atoms with E-state index in [1.807, 2.05) is 13.8 Å². The van der Waals surface area contributed by atoms with Gasteiger partial charge in [-0.25, -0.2) is 4.79 Å². The first-order valence-corrected chi connectivity index (χ1v) is 9.65. The van der Waals surface area contributed by atoms with E-state index in [9.17, 15) is 19.2 Å². The molecule has 29 heavy (non-hydrogen) atoms. The van der Waals surface area contributed by atoms with Gasteiger partial charge >= 0.3 is 6.09 Å². The molecular formula is C21H25N3O5. The van der Waals surface area contributed by atoms with Crippen molar-refractivity contribution in [2.75, 3.05) is 39.3 Å². The van der Waals surface area contributed by atoms with Gasteiger partial charge in [-0.3, -0.25) is 19.3 Å². The van der Waals surface area contributed by atoms with E-state index in [4.69, 9.17) is 4.74 Å². The van der Waals surface area contributed by atoms with Crippen LogP contribution in [0.1, 0.15) is 44.9 Å². The van der Waals surface area contributed by atoms with Gasteiger partial charge in [0.25, 0.3) is 17.7 Å². The first kappa shape index (κ1) is 20.6. The van der Waals surface area contributed by atoms with Gasteiger partial charge in [0.15, 0.2) is 0 Å². The number of benzene rings is 1. The molecule has 0 radical (unpaired) electrons. The Balaban J connectivity index is 1.68. The smallest absolute Gasteiger partial charge is 0.410 e. The molecule has 154 valence electrons. The van der Waals surface area contributed by atoms with Crippen LogP contribution in [0, 0.1) is 5.92 Å². The van der Waals surface area contributed by atoms with E-state index >= 15 is 0 Å². The van der Waals surface area contributed by atoms with E-state index in [0.717, 1.165) is 0 Å². The third-order valence-corrected chi connectivity index (χ3v) is 4.92. The monoisotopic (exact) mass is 399 g/mol. The summed E-state index contributed by atoms with van der Waals surface area (Å²) in [5, 5.41) is 0. The van der Waals surface area contributed by atoms with Crippen molar-refractivity contribution in [1.82, 2.24) is 14.7 Å². The maximum absolute atomic E-state index is 12.9. The molecule has 0 aromatic heterocycles. The lowest BCUT2D eigenvalue weighted by Crippen LogP contribution is -2.50. The van der Waals surface area contributed by atoms with Crippen LogP contribution in [0.15, 0.2) is 30.9 Å². The summed E-state index contributed by atoms with van der Waals surface area (Å²) in [7, 11) is 0. The number of hydrogen-bond acceptors (Lipinski definition) is 5. The van der Waals surface area contributed by atoms with Crippen LogP contribution in [0.2, 0.25) is 0 Å². The molecule has 2 heterocycles. The molecule has 0 bridgehead atoms. The SMILES string of the molecule is C=CCOC(=O)N1CCN(C(=O)c2ccc3c(c2)C(=O)N(CC(C)C)C3=O)CC1. The van der Waals surface area contributed by atoms with Crippen LogP contribution < -0.4 is 0 Å². The number of fused-ring (bicyclic) bond motifs is 1. The standard InChI is InChI=1S/C21H25N3O5/c1-4-11-29-21(28)23-9-7-22(8-10-23)18(25)15-5-6-16-17(12-15)20(27)24(19(16)26)13-14(2)3/h4-6,12,14H,1,7-11,13H2,2-3H3. The number of rotatable bonds is 5. The Morgan fingerprint density at radius 3 is 2.31 bits per heavy atom. The van der Waals surface area contributed by atoms with Crippen LogP contribution in [0.5, 0.6) is 0 Å². The molecule has 1 saturated heterocycles. The highest BCUT2D eigenvalue weighted by Gasteiger charge is 2.36. The summed E-state index contributed by atoms with van der Waals surface area (Å²) in [6.45, 7) is 9.34. The highest BCUT2D eigenvalue weighted by Crippen LogP contribution is 2.25. The van der Waals surface area contributed by atoms with E-state index in [1.54, 1.807) is 21.9 Å². The topological polar surface area (TPSA) is 87.2 Å². The molecule has 0 spiro atoms. The third-order valence-electron chi connectivity index (χ3n) is 4.92. The Bertz CT molecular complexity index is 856. The highest BCUT2D eigenvalue weighted by molar-refractivity contribution is 6.22. The summed E-state index contributed by atoms with van der Waals surface area (Å²) < 4.78 is 5.01. The average molecular weight is 399 g/mol. The van der Waals surface area contributed by atoms with E-state index in [0.29, 0.717) is 43.9 Å². The highest BCUT2D eigenvalue weighted by atomic mass is 16.6. The Labute approximate surface area is 169 Å². The van der Waals surface area contributed by atoms with Gasteiger partial charge < -0.3 is 14.5 Å². The second kappa shape index (κ2) is 8.46. The van der Waals surface area contributed by atoms with E-state index in [-0.39, 0.29) is 35.8 Å². The summed E-state index contributed by atoms with van der Waals surface area (Å²) in [5.74, 6) is -0.741. The van der Waals surface area contributed by atoms with Crippen molar-refractivity contribution in [3.8, 4) is 0 Å². The maximum atomic E-state index is 12.9. The fourth-order valence-electron chi connectivity index (χ4n) is 3.45. The van der Waals surface area contributed by atoms with E-state index < -0.39 is 6.09 Å². The number of ether oxygens (including phenoxy) is 1. The Kier molecular flexibility index (Phi) is 6.00. The van der Waals surface area contributed by atoms with Crippen molar-refractivity contribution >= 4 is 23.8 Å². The van der Waals surface area contributed by atoms with Crippen molar-refractivity contribution in [3.63, 3.8) is 0 Å². The third kappa shape index (κ3) is 4.16. The first-order chi connectivity index (χ1) is 13.8. The molecule has 4 amide bonds. The van der Waals surface area contributed by atoms with Gasteiger partial charge in [0.1, 0.15) is 6.61 Å². The molecule has 0 aliphatic carbocycles. The minimum atomic E-state index is -0.427. The molecule has 2 aliphatic rings. The zero-order valence-corrected chi connectivity index (χ0v) is 16.7. The number of carbonyl (C=O) groups excluding carboxylic acids is 4. The summed E-state index contributed by atoms with van der Waals surface area (Å²) in [4.78, 5) is 54.2. The molecule has 0 atom stereocenters. The number of nitrogens with zero attached hydrogens (tertiary/aromatic N) is 3. The molecule has 0 unspecified atom stereocenters. The summed E-state index contributed by atoms with van der Waals surface area (Å²) >= 11 is 0. The van der Waals surface area contributed by atoms with Crippen LogP contribution in [0.4, 0.5) is 4.79 Å². The Morgan fingerprint density at radius 1 is 1.07 bits per heavy atom. The molecule has 2 aliphatic heterocycles. The Morgan fingerprint density at radius 2 is 1.69 bits per heavy atom. The summed E-state index contributed by atoms with van der Waals surface area (Å²) in [6, 6.07) is 4.63. The predicted molar refractivity (Wildman–Crippen MR) is 106 cm³/mol. The molecule has 8 heteroatoms. The zero-order chi connectivity index (χ0) is 21.1. The largest absolute Gasteiger partial charge is 0.445 e. The second-order valence-corrected chi connectivity index (χ2v) is 7.52. The molecule has 8 nitrogen and oxygen atoms in total. The predicted octanol–water partition coefficient (Wildman–Crippen LogP) is 2.02. The minimum Gasteiger partial charge on any atom is -0.445 e. The quantitative estimate of drug-likeness (QED) is 0.558.